The van der Waals surface area contributed by atoms with Gasteiger partial charge in [-0.05, 0) is 55.5 Å². The van der Waals surface area contributed by atoms with Crippen LogP contribution in [0.25, 0.3) is 0 Å². The van der Waals surface area contributed by atoms with Crippen molar-refractivity contribution in [1.82, 2.24) is 10.2 Å². The van der Waals surface area contributed by atoms with E-state index in [2.05, 4.69) is 24.1 Å². The number of halogens is 1. The molecule has 0 amide bonds. The Balaban J connectivity index is 2.01. The summed E-state index contributed by atoms with van der Waals surface area (Å²) in [5.41, 5.74) is 2.29. The molecular formula is C17H27FN2. The average Bonchev–Trinajstić information content (AvgIpc) is 2.84. The molecular weight excluding hydrogens is 251 g/mol. The third-order valence-electron chi connectivity index (χ3n) is 3.96. The van der Waals surface area contributed by atoms with Gasteiger partial charge in [0.1, 0.15) is 5.82 Å². The molecule has 1 atom stereocenters. The lowest BCUT2D eigenvalue weighted by molar-refractivity contribution is 0.216. The predicted octanol–water partition coefficient (Wildman–Crippen LogP) is 3.34. The van der Waals surface area contributed by atoms with Gasteiger partial charge in [-0.15, -0.1) is 0 Å². The Hall–Kier alpha value is -0.930. The lowest BCUT2D eigenvalue weighted by Crippen LogP contribution is -2.39. The van der Waals surface area contributed by atoms with Crippen molar-refractivity contribution in [3.05, 3.63) is 35.1 Å². The first-order chi connectivity index (χ1) is 9.54. The second-order valence-electron chi connectivity index (χ2n) is 6.45. The maximum absolute atomic E-state index is 13.2. The average molecular weight is 278 g/mol. The number of hydrogen-bond donors (Lipinski definition) is 1. The second kappa shape index (κ2) is 7.19. The van der Waals surface area contributed by atoms with Crippen LogP contribution < -0.4 is 5.32 Å². The molecule has 1 unspecified atom stereocenters. The van der Waals surface area contributed by atoms with Gasteiger partial charge in [0.05, 0.1) is 0 Å². The maximum Gasteiger partial charge on any atom is 0.123 e. The van der Waals surface area contributed by atoms with E-state index in [0.717, 1.165) is 31.7 Å². The van der Waals surface area contributed by atoms with Crippen LogP contribution in [0.4, 0.5) is 4.39 Å². The monoisotopic (exact) mass is 278 g/mol. The van der Waals surface area contributed by atoms with Crippen molar-refractivity contribution < 1.29 is 4.39 Å². The van der Waals surface area contributed by atoms with Gasteiger partial charge in [-0.25, -0.2) is 4.39 Å². The van der Waals surface area contributed by atoms with Gasteiger partial charge in [0.25, 0.3) is 0 Å². The van der Waals surface area contributed by atoms with Gasteiger partial charge < -0.3 is 5.32 Å². The number of benzene rings is 1. The molecule has 20 heavy (non-hydrogen) atoms. The van der Waals surface area contributed by atoms with E-state index in [0.29, 0.717) is 12.0 Å². The molecule has 1 N–H and O–H groups in total. The lowest BCUT2D eigenvalue weighted by Gasteiger charge is -2.28. The van der Waals surface area contributed by atoms with Crippen LogP contribution in [-0.4, -0.2) is 30.6 Å². The molecule has 1 aliphatic heterocycles. The summed E-state index contributed by atoms with van der Waals surface area (Å²) in [6, 6.07) is 5.76. The van der Waals surface area contributed by atoms with Crippen molar-refractivity contribution >= 4 is 0 Å². The zero-order valence-corrected chi connectivity index (χ0v) is 13.0. The van der Waals surface area contributed by atoms with E-state index in [4.69, 9.17) is 0 Å². The molecule has 112 valence electrons. The summed E-state index contributed by atoms with van der Waals surface area (Å²) < 4.78 is 13.2. The molecule has 2 rings (SSSR count). The van der Waals surface area contributed by atoms with Crippen LogP contribution in [0.2, 0.25) is 0 Å². The van der Waals surface area contributed by atoms with Crippen LogP contribution in [0.5, 0.6) is 0 Å². The summed E-state index contributed by atoms with van der Waals surface area (Å²) in [5, 5.41) is 3.57. The van der Waals surface area contributed by atoms with E-state index in [9.17, 15) is 4.39 Å². The van der Waals surface area contributed by atoms with E-state index in [1.54, 1.807) is 12.1 Å². The molecule has 0 spiro atoms. The standard InChI is InChI=1S/C17H27FN2/c1-13(2)10-20(12-17-5-4-8-19-17)11-15-6-7-16(18)9-14(15)3/h6-7,9,13,17,19H,4-5,8,10-12H2,1-3H3. The van der Waals surface area contributed by atoms with Crippen LogP contribution in [0.3, 0.4) is 0 Å². The minimum Gasteiger partial charge on any atom is -0.313 e. The summed E-state index contributed by atoms with van der Waals surface area (Å²) in [7, 11) is 0. The van der Waals surface area contributed by atoms with E-state index < -0.39 is 0 Å². The fourth-order valence-electron chi connectivity index (χ4n) is 3.02. The van der Waals surface area contributed by atoms with Gasteiger partial charge in [-0.1, -0.05) is 19.9 Å². The topological polar surface area (TPSA) is 15.3 Å². The summed E-state index contributed by atoms with van der Waals surface area (Å²) in [4.78, 5) is 2.51. The molecule has 0 saturated carbocycles. The smallest absolute Gasteiger partial charge is 0.123 e. The van der Waals surface area contributed by atoms with E-state index in [-0.39, 0.29) is 5.82 Å². The van der Waals surface area contributed by atoms with Crippen LogP contribution in [0.1, 0.15) is 37.8 Å². The first-order valence-electron chi connectivity index (χ1n) is 7.75. The third kappa shape index (κ3) is 4.57. The third-order valence-corrected chi connectivity index (χ3v) is 3.96. The van der Waals surface area contributed by atoms with Crippen molar-refractivity contribution in [2.45, 2.75) is 46.2 Å². The first-order valence-corrected chi connectivity index (χ1v) is 7.75. The molecule has 1 aromatic carbocycles. The highest BCUT2D eigenvalue weighted by atomic mass is 19.1. The highest BCUT2D eigenvalue weighted by molar-refractivity contribution is 5.26. The molecule has 1 saturated heterocycles. The van der Waals surface area contributed by atoms with Crippen molar-refractivity contribution in [2.75, 3.05) is 19.6 Å². The summed E-state index contributed by atoms with van der Waals surface area (Å²) >= 11 is 0. The van der Waals surface area contributed by atoms with Crippen LogP contribution in [0.15, 0.2) is 18.2 Å². The van der Waals surface area contributed by atoms with Crippen LogP contribution in [-0.2, 0) is 6.54 Å². The van der Waals surface area contributed by atoms with Gasteiger partial charge in [0.2, 0.25) is 0 Å². The molecule has 1 aromatic rings. The van der Waals surface area contributed by atoms with Gasteiger partial charge in [-0.3, -0.25) is 4.90 Å². The number of rotatable bonds is 6. The van der Waals surface area contributed by atoms with Crippen LogP contribution in [0, 0.1) is 18.7 Å². The SMILES string of the molecule is Cc1cc(F)ccc1CN(CC(C)C)CC1CCCN1. The Kier molecular flexibility index (Phi) is 5.55. The Bertz CT molecular complexity index is 425. The number of nitrogens with zero attached hydrogens (tertiary/aromatic N) is 1. The van der Waals surface area contributed by atoms with Gasteiger partial charge in [0, 0.05) is 25.7 Å². The highest BCUT2D eigenvalue weighted by Gasteiger charge is 2.19. The molecule has 1 heterocycles. The summed E-state index contributed by atoms with van der Waals surface area (Å²) in [5.74, 6) is 0.510. The normalized spacial score (nSPS) is 19.2. The molecule has 1 fully saturated rings. The summed E-state index contributed by atoms with van der Waals surface area (Å²) in [6.07, 6.45) is 2.56. The molecule has 0 bridgehead atoms. The largest absolute Gasteiger partial charge is 0.313 e. The Morgan fingerprint density at radius 3 is 2.80 bits per heavy atom. The number of aryl methyl sites for hydroxylation is 1. The zero-order valence-electron chi connectivity index (χ0n) is 13.0. The molecule has 2 nitrogen and oxygen atoms in total. The van der Waals surface area contributed by atoms with Crippen molar-refractivity contribution in [2.24, 2.45) is 5.92 Å². The Labute approximate surface area is 122 Å². The molecule has 1 aliphatic rings. The zero-order chi connectivity index (χ0) is 14.5. The number of hydrogen-bond acceptors (Lipinski definition) is 2. The maximum atomic E-state index is 13.2. The van der Waals surface area contributed by atoms with Gasteiger partial charge in [0.15, 0.2) is 0 Å². The fraction of sp³-hybridized carbons (Fsp3) is 0.647. The van der Waals surface area contributed by atoms with Gasteiger partial charge >= 0.3 is 0 Å². The van der Waals surface area contributed by atoms with Crippen molar-refractivity contribution in [1.29, 1.82) is 0 Å². The molecule has 3 heteroatoms. The van der Waals surface area contributed by atoms with Crippen LogP contribution >= 0.6 is 0 Å². The molecule has 0 radical (unpaired) electrons. The lowest BCUT2D eigenvalue weighted by atomic mass is 10.1. The minimum absolute atomic E-state index is 0.140. The van der Waals surface area contributed by atoms with E-state index in [1.807, 2.05) is 13.0 Å². The molecule has 0 aromatic heterocycles. The summed E-state index contributed by atoms with van der Waals surface area (Å²) in [6.45, 7) is 10.8. The molecule has 0 aliphatic carbocycles. The van der Waals surface area contributed by atoms with E-state index in [1.165, 1.54) is 18.4 Å². The van der Waals surface area contributed by atoms with Crippen molar-refractivity contribution in [3.8, 4) is 0 Å². The Morgan fingerprint density at radius 2 is 2.20 bits per heavy atom. The Morgan fingerprint density at radius 1 is 1.40 bits per heavy atom. The number of nitrogens with one attached hydrogen (secondary N) is 1. The second-order valence-corrected chi connectivity index (χ2v) is 6.45. The van der Waals surface area contributed by atoms with Crippen molar-refractivity contribution in [3.63, 3.8) is 0 Å². The fourth-order valence-corrected chi connectivity index (χ4v) is 3.02. The minimum atomic E-state index is -0.140. The predicted molar refractivity (Wildman–Crippen MR) is 82.3 cm³/mol. The van der Waals surface area contributed by atoms with Gasteiger partial charge in [-0.2, -0.15) is 0 Å². The van der Waals surface area contributed by atoms with E-state index >= 15 is 0 Å². The first kappa shape index (κ1) is 15.5. The quantitative estimate of drug-likeness (QED) is 0.858. The highest BCUT2D eigenvalue weighted by Crippen LogP contribution is 2.16.